The van der Waals surface area contributed by atoms with E-state index in [1.165, 1.54) is 4.88 Å². The Kier molecular flexibility index (Phi) is 5.29. The third-order valence-corrected chi connectivity index (χ3v) is 4.74. The zero-order valence-corrected chi connectivity index (χ0v) is 12.7. The Morgan fingerprint density at radius 2 is 2.33 bits per heavy atom. The highest BCUT2D eigenvalue weighted by Gasteiger charge is 2.17. The summed E-state index contributed by atoms with van der Waals surface area (Å²) in [6, 6.07) is 2.05. The number of hydrogen-bond donors (Lipinski definition) is 0. The molecule has 1 heterocycles. The fraction of sp³-hybridized carbons (Fsp3) is 0.500. The predicted molar refractivity (Wildman–Crippen MR) is 71.5 cm³/mol. The van der Waals surface area contributed by atoms with Gasteiger partial charge in [-0.3, -0.25) is 4.79 Å². The first-order valence-corrected chi connectivity index (χ1v) is 7.25. The molecule has 0 aromatic carbocycles. The largest absolute Gasteiger partial charge is 0.340 e. The van der Waals surface area contributed by atoms with Gasteiger partial charge in [0.2, 0.25) is 5.91 Å². The zero-order valence-electron chi connectivity index (χ0n) is 8.67. The number of nitrogens with zero attached hydrogens (tertiary/aromatic N) is 1. The van der Waals surface area contributed by atoms with E-state index in [4.69, 9.17) is 0 Å². The van der Waals surface area contributed by atoms with Gasteiger partial charge in [-0.1, -0.05) is 22.9 Å². The minimum atomic E-state index is -0.0640. The van der Waals surface area contributed by atoms with Gasteiger partial charge in [0.25, 0.3) is 0 Å². The van der Waals surface area contributed by atoms with Gasteiger partial charge in [-0.15, -0.1) is 11.3 Å². The molecule has 1 aromatic heterocycles. The van der Waals surface area contributed by atoms with E-state index < -0.39 is 0 Å². The van der Waals surface area contributed by atoms with Crippen LogP contribution in [0.1, 0.15) is 18.2 Å². The Morgan fingerprint density at radius 3 is 2.80 bits per heavy atom. The van der Waals surface area contributed by atoms with Crippen molar-refractivity contribution in [3.8, 4) is 0 Å². The Balaban J connectivity index is 2.55. The Hall–Kier alpha value is 0.130. The fourth-order valence-electron chi connectivity index (χ4n) is 1.16. The number of carbonyl (C=O) groups is 1. The average Bonchev–Trinajstić information content (AvgIpc) is 2.61. The van der Waals surface area contributed by atoms with E-state index in [2.05, 4.69) is 31.9 Å². The molecule has 84 valence electrons. The number of rotatable bonds is 4. The third kappa shape index (κ3) is 3.89. The first kappa shape index (κ1) is 13.2. The molecule has 1 unspecified atom stereocenters. The van der Waals surface area contributed by atoms with Crippen LogP contribution in [0.15, 0.2) is 15.9 Å². The van der Waals surface area contributed by atoms with Gasteiger partial charge in [0.05, 0.1) is 11.4 Å². The summed E-state index contributed by atoms with van der Waals surface area (Å²) in [6.45, 7) is 2.67. The van der Waals surface area contributed by atoms with Gasteiger partial charge in [-0.2, -0.15) is 0 Å². The van der Waals surface area contributed by atoms with Crippen LogP contribution in [0, 0.1) is 0 Å². The van der Waals surface area contributed by atoms with Crippen molar-refractivity contribution in [2.45, 2.75) is 24.7 Å². The second-order valence-corrected chi connectivity index (χ2v) is 6.32. The number of thiophene rings is 1. The maximum atomic E-state index is 11.8. The summed E-state index contributed by atoms with van der Waals surface area (Å²) in [5.41, 5.74) is 0. The molecule has 0 spiro atoms. The topological polar surface area (TPSA) is 20.3 Å². The minimum Gasteiger partial charge on any atom is -0.340 e. The standard InChI is InChI=1S/C10H13Br2NOS/c1-3-9(12)10(14)13(2)5-8-4-7(11)6-15-8/h4,6,9H,3,5H2,1-2H3. The van der Waals surface area contributed by atoms with Crippen LogP contribution in [0.25, 0.3) is 0 Å². The molecular formula is C10H13Br2NOS. The van der Waals surface area contributed by atoms with Crippen molar-refractivity contribution >= 4 is 49.1 Å². The van der Waals surface area contributed by atoms with Crippen molar-refractivity contribution < 1.29 is 4.79 Å². The van der Waals surface area contributed by atoms with Gasteiger partial charge >= 0.3 is 0 Å². The molecule has 0 fully saturated rings. The molecule has 0 aliphatic heterocycles. The van der Waals surface area contributed by atoms with Crippen molar-refractivity contribution in [3.05, 3.63) is 20.8 Å². The van der Waals surface area contributed by atoms with Crippen molar-refractivity contribution in [2.75, 3.05) is 7.05 Å². The van der Waals surface area contributed by atoms with Crippen molar-refractivity contribution in [2.24, 2.45) is 0 Å². The van der Waals surface area contributed by atoms with Gasteiger partial charge in [0, 0.05) is 21.8 Å². The second kappa shape index (κ2) is 6.01. The highest BCUT2D eigenvalue weighted by atomic mass is 79.9. The van der Waals surface area contributed by atoms with Crippen LogP contribution < -0.4 is 0 Å². The highest BCUT2D eigenvalue weighted by molar-refractivity contribution is 9.10. The molecule has 0 aliphatic carbocycles. The SMILES string of the molecule is CCC(Br)C(=O)N(C)Cc1cc(Br)cs1. The van der Waals surface area contributed by atoms with E-state index in [-0.39, 0.29) is 10.7 Å². The number of carbonyl (C=O) groups excluding carboxylic acids is 1. The maximum Gasteiger partial charge on any atom is 0.236 e. The lowest BCUT2D eigenvalue weighted by Gasteiger charge is -2.18. The van der Waals surface area contributed by atoms with E-state index in [0.29, 0.717) is 6.54 Å². The molecule has 1 aromatic rings. The van der Waals surface area contributed by atoms with Gasteiger partial charge in [-0.05, 0) is 28.4 Å². The third-order valence-electron chi connectivity index (χ3n) is 2.02. The minimum absolute atomic E-state index is 0.0640. The van der Waals surface area contributed by atoms with Crippen molar-refractivity contribution in [1.29, 1.82) is 0 Å². The van der Waals surface area contributed by atoms with Crippen LogP contribution in [0.2, 0.25) is 0 Å². The van der Waals surface area contributed by atoms with Crippen molar-refractivity contribution in [3.63, 3.8) is 0 Å². The maximum absolute atomic E-state index is 11.8. The molecule has 0 saturated heterocycles. The van der Waals surface area contributed by atoms with E-state index in [1.54, 1.807) is 16.2 Å². The van der Waals surface area contributed by atoms with Crippen LogP contribution in [-0.4, -0.2) is 22.7 Å². The smallest absolute Gasteiger partial charge is 0.236 e. The molecule has 0 bridgehead atoms. The fourth-order valence-corrected chi connectivity index (χ4v) is 3.02. The Labute approximate surface area is 111 Å². The summed E-state index contributed by atoms with van der Waals surface area (Å²) < 4.78 is 1.08. The Morgan fingerprint density at radius 1 is 1.67 bits per heavy atom. The molecule has 1 atom stereocenters. The van der Waals surface area contributed by atoms with Gasteiger partial charge in [0.15, 0.2) is 0 Å². The summed E-state index contributed by atoms with van der Waals surface area (Å²) in [4.78, 5) is 14.6. The molecule has 1 rings (SSSR count). The number of amides is 1. The molecule has 15 heavy (non-hydrogen) atoms. The predicted octanol–water partition coefficient (Wildman–Crippen LogP) is 3.64. The summed E-state index contributed by atoms with van der Waals surface area (Å²) in [5.74, 6) is 0.141. The van der Waals surface area contributed by atoms with Gasteiger partial charge < -0.3 is 4.90 Å². The zero-order chi connectivity index (χ0) is 11.4. The molecule has 2 nitrogen and oxygen atoms in total. The molecule has 1 amide bonds. The van der Waals surface area contributed by atoms with Gasteiger partial charge in [-0.25, -0.2) is 0 Å². The van der Waals surface area contributed by atoms with E-state index >= 15 is 0 Å². The lowest BCUT2D eigenvalue weighted by molar-refractivity contribution is -0.129. The van der Waals surface area contributed by atoms with E-state index in [0.717, 1.165) is 10.9 Å². The molecule has 5 heteroatoms. The summed E-state index contributed by atoms with van der Waals surface area (Å²) in [6.07, 6.45) is 0.817. The van der Waals surface area contributed by atoms with Crippen LogP contribution in [0.4, 0.5) is 0 Å². The van der Waals surface area contributed by atoms with Crippen LogP contribution >= 0.6 is 43.2 Å². The molecule has 0 saturated carbocycles. The van der Waals surface area contributed by atoms with Gasteiger partial charge in [0.1, 0.15) is 0 Å². The second-order valence-electron chi connectivity index (χ2n) is 3.30. The molecule has 0 aliphatic rings. The van der Waals surface area contributed by atoms with Crippen LogP contribution in [0.3, 0.4) is 0 Å². The first-order valence-electron chi connectivity index (χ1n) is 4.66. The molecule has 0 N–H and O–H groups in total. The lowest BCUT2D eigenvalue weighted by Crippen LogP contribution is -2.32. The average molecular weight is 355 g/mol. The number of halogens is 2. The van der Waals surface area contributed by atoms with E-state index in [1.807, 2.05) is 25.4 Å². The highest BCUT2D eigenvalue weighted by Crippen LogP contribution is 2.21. The summed E-state index contributed by atoms with van der Waals surface area (Å²) in [7, 11) is 1.83. The number of alkyl halides is 1. The normalized spacial score (nSPS) is 12.5. The number of hydrogen-bond acceptors (Lipinski definition) is 2. The van der Waals surface area contributed by atoms with E-state index in [9.17, 15) is 4.79 Å². The summed E-state index contributed by atoms with van der Waals surface area (Å²) >= 11 is 8.42. The molecule has 0 radical (unpaired) electrons. The van der Waals surface area contributed by atoms with Crippen LogP contribution in [0.5, 0.6) is 0 Å². The monoisotopic (exact) mass is 353 g/mol. The Bertz CT molecular complexity index is 340. The van der Waals surface area contributed by atoms with Crippen molar-refractivity contribution in [1.82, 2.24) is 4.90 Å². The quantitative estimate of drug-likeness (QED) is 0.756. The first-order chi connectivity index (χ1) is 7.04. The molecular weight excluding hydrogens is 342 g/mol. The lowest BCUT2D eigenvalue weighted by atomic mass is 10.3. The summed E-state index contributed by atoms with van der Waals surface area (Å²) in [5, 5.41) is 2.03. The van der Waals surface area contributed by atoms with Crippen LogP contribution in [-0.2, 0) is 11.3 Å².